The number of carboxylic acids is 1. The molecule has 1 heterocycles. The number of rotatable bonds is 2. The first-order valence-electron chi connectivity index (χ1n) is 6.04. The summed E-state index contributed by atoms with van der Waals surface area (Å²) in [6.07, 6.45) is 1.55. The number of fused-ring (bicyclic) bond motifs is 1. The van der Waals surface area contributed by atoms with Crippen molar-refractivity contribution in [3.63, 3.8) is 0 Å². The molecule has 5 heteroatoms. The van der Waals surface area contributed by atoms with Crippen LogP contribution in [0.15, 0.2) is 42.7 Å². The van der Waals surface area contributed by atoms with E-state index >= 15 is 0 Å². The minimum atomic E-state index is -1.02. The summed E-state index contributed by atoms with van der Waals surface area (Å²) in [6.45, 7) is 1.80. The van der Waals surface area contributed by atoms with E-state index < -0.39 is 5.97 Å². The van der Waals surface area contributed by atoms with Crippen LogP contribution in [-0.2, 0) is 0 Å². The highest BCUT2D eigenvalue weighted by Crippen LogP contribution is 2.23. The van der Waals surface area contributed by atoms with Gasteiger partial charge in [0.05, 0.1) is 16.8 Å². The molecule has 4 nitrogen and oxygen atoms in total. The van der Waals surface area contributed by atoms with Crippen LogP contribution in [0, 0.1) is 12.7 Å². The Labute approximate surface area is 114 Å². The molecule has 0 atom stereocenters. The van der Waals surface area contributed by atoms with Gasteiger partial charge in [0, 0.05) is 0 Å². The van der Waals surface area contributed by atoms with E-state index in [0.717, 1.165) is 11.3 Å². The van der Waals surface area contributed by atoms with Gasteiger partial charge in [0.25, 0.3) is 0 Å². The first-order chi connectivity index (χ1) is 9.58. The summed E-state index contributed by atoms with van der Waals surface area (Å²) in [6, 6.07) is 9.43. The topological polar surface area (TPSA) is 55.1 Å². The fraction of sp³-hybridized carbons (Fsp3) is 0.0667. The molecule has 0 fully saturated rings. The van der Waals surface area contributed by atoms with E-state index in [-0.39, 0.29) is 11.4 Å². The lowest BCUT2D eigenvalue weighted by Crippen LogP contribution is -1.99. The van der Waals surface area contributed by atoms with Crippen molar-refractivity contribution in [2.75, 3.05) is 0 Å². The molecular formula is C15H11FN2O2. The van der Waals surface area contributed by atoms with Crippen LogP contribution in [0.2, 0.25) is 0 Å². The minimum Gasteiger partial charge on any atom is -0.478 e. The zero-order chi connectivity index (χ0) is 14.3. The molecule has 2 aromatic carbocycles. The second kappa shape index (κ2) is 4.45. The van der Waals surface area contributed by atoms with E-state index in [0.29, 0.717) is 11.0 Å². The maximum absolute atomic E-state index is 13.2. The number of aromatic carboxylic acids is 1. The Morgan fingerprint density at radius 1 is 1.30 bits per heavy atom. The maximum Gasteiger partial charge on any atom is 0.337 e. The van der Waals surface area contributed by atoms with E-state index in [1.54, 1.807) is 36.0 Å². The minimum absolute atomic E-state index is 0.154. The van der Waals surface area contributed by atoms with Crippen molar-refractivity contribution in [2.45, 2.75) is 6.92 Å². The zero-order valence-electron chi connectivity index (χ0n) is 10.7. The molecule has 0 aliphatic rings. The van der Waals surface area contributed by atoms with Crippen LogP contribution < -0.4 is 0 Å². The number of nitrogens with zero attached hydrogens (tertiary/aromatic N) is 2. The smallest absolute Gasteiger partial charge is 0.337 e. The number of aromatic nitrogens is 2. The average Bonchev–Trinajstić information content (AvgIpc) is 2.82. The molecule has 100 valence electrons. The molecule has 0 unspecified atom stereocenters. The number of hydrogen-bond acceptors (Lipinski definition) is 2. The van der Waals surface area contributed by atoms with Gasteiger partial charge >= 0.3 is 5.97 Å². The van der Waals surface area contributed by atoms with E-state index in [2.05, 4.69) is 4.98 Å². The number of carbonyl (C=O) groups is 1. The number of hydrogen-bond donors (Lipinski definition) is 1. The van der Waals surface area contributed by atoms with Crippen molar-refractivity contribution in [3.8, 4) is 5.69 Å². The maximum atomic E-state index is 13.2. The Morgan fingerprint density at radius 3 is 2.80 bits per heavy atom. The van der Waals surface area contributed by atoms with Crippen LogP contribution in [0.25, 0.3) is 16.7 Å². The van der Waals surface area contributed by atoms with Crippen molar-refractivity contribution in [2.24, 2.45) is 0 Å². The molecule has 3 aromatic rings. The lowest BCUT2D eigenvalue weighted by molar-refractivity contribution is 0.0699. The lowest BCUT2D eigenvalue weighted by atomic mass is 10.1. The molecule has 0 saturated heterocycles. The Hall–Kier alpha value is -2.69. The third-order valence-electron chi connectivity index (χ3n) is 3.23. The van der Waals surface area contributed by atoms with Crippen molar-refractivity contribution < 1.29 is 14.3 Å². The molecule has 0 aliphatic heterocycles. The monoisotopic (exact) mass is 270 g/mol. The molecule has 0 spiro atoms. The van der Waals surface area contributed by atoms with Crippen molar-refractivity contribution in [1.29, 1.82) is 0 Å². The molecule has 3 rings (SSSR count). The molecule has 0 amide bonds. The summed E-state index contributed by atoms with van der Waals surface area (Å²) in [5.74, 6) is -1.32. The molecule has 1 aromatic heterocycles. The van der Waals surface area contributed by atoms with Crippen molar-refractivity contribution in [1.82, 2.24) is 9.55 Å². The van der Waals surface area contributed by atoms with E-state index in [9.17, 15) is 9.18 Å². The first kappa shape index (κ1) is 12.3. The Kier molecular flexibility index (Phi) is 2.75. The number of para-hydroxylation sites is 1. The van der Waals surface area contributed by atoms with Gasteiger partial charge in [-0.3, -0.25) is 4.57 Å². The molecule has 0 bridgehead atoms. The Balaban J connectivity index is 2.28. The fourth-order valence-electron chi connectivity index (χ4n) is 2.29. The highest BCUT2D eigenvalue weighted by molar-refractivity contribution is 6.01. The normalized spacial score (nSPS) is 10.9. The van der Waals surface area contributed by atoms with Crippen molar-refractivity contribution in [3.05, 3.63) is 59.7 Å². The third kappa shape index (κ3) is 1.84. The molecule has 0 radical (unpaired) electrons. The molecular weight excluding hydrogens is 259 g/mol. The standard InChI is InChI=1S/C15H11FN2O2/c1-9-7-10(16)5-6-12(9)18-8-17-14-11(15(19)20)3-2-4-13(14)18/h2-8H,1H3,(H,19,20). The summed E-state index contributed by atoms with van der Waals surface area (Å²) in [4.78, 5) is 15.3. The molecule has 0 aliphatic carbocycles. The van der Waals surface area contributed by atoms with Gasteiger partial charge in [-0.2, -0.15) is 0 Å². The zero-order valence-corrected chi connectivity index (χ0v) is 10.7. The molecule has 20 heavy (non-hydrogen) atoms. The largest absolute Gasteiger partial charge is 0.478 e. The molecule has 0 saturated carbocycles. The van der Waals surface area contributed by atoms with Crippen LogP contribution in [-0.4, -0.2) is 20.6 Å². The first-order valence-corrected chi connectivity index (χ1v) is 6.04. The number of aryl methyl sites for hydroxylation is 1. The summed E-state index contributed by atoms with van der Waals surface area (Å²) in [5, 5.41) is 9.15. The summed E-state index contributed by atoms with van der Waals surface area (Å²) >= 11 is 0. The second-order valence-corrected chi connectivity index (χ2v) is 4.52. The van der Waals surface area contributed by atoms with Crippen LogP contribution in [0.4, 0.5) is 4.39 Å². The van der Waals surface area contributed by atoms with Gasteiger partial charge < -0.3 is 5.11 Å². The van der Waals surface area contributed by atoms with Crippen molar-refractivity contribution >= 4 is 17.0 Å². The van der Waals surface area contributed by atoms with Gasteiger partial charge in [-0.05, 0) is 42.8 Å². The SMILES string of the molecule is Cc1cc(F)ccc1-n1cnc2c(C(=O)O)cccc21. The summed E-state index contributed by atoms with van der Waals surface area (Å²) in [5.41, 5.74) is 2.78. The predicted octanol–water partition coefficient (Wildman–Crippen LogP) is 3.17. The number of carboxylic acid groups (broad SMARTS) is 1. The Morgan fingerprint density at radius 2 is 2.10 bits per heavy atom. The number of imidazole rings is 1. The summed E-state index contributed by atoms with van der Waals surface area (Å²) in [7, 11) is 0. The fourth-order valence-corrected chi connectivity index (χ4v) is 2.29. The van der Waals surface area contributed by atoms with Gasteiger partial charge in [0.1, 0.15) is 17.7 Å². The quantitative estimate of drug-likeness (QED) is 0.778. The van der Waals surface area contributed by atoms with Gasteiger partial charge in [0.2, 0.25) is 0 Å². The van der Waals surface area contributed by atoms with Crippen LogP contribution in [0.3, 0.4) is 0 Å². The molecule has 1 N–H and O–H groups in total. The van der Waals surface area contributed by atoms with Gasteiger partial charge in [-0.1, -0.05) is 6.07 Å². The third-order valence-corrected chi connectivity index (χ3v) is 3.23. The van der Waals surface area contributed by atoms with E-state index in [4.69, 9.17) is 5.11 Å². The predicted molar refractivity (Wildman–Crippen MR) is 72.7 cm³/mol. The van der Waals surface area contributed by atoms with Gasteiger partial charge in [-0.25, -0.2) is 14.2 Å². The number of halogens is 1. The summed E-state index contributed by atoms with van der Waals surface area (Å²) < 4.78 is 14.9. The van der Waals surface area contributed by atoms with E-state index in [1.165, 1.54) is 18.2 Å². The highest BCUT2D eigenvalue weighted by atomic mass is 19.1. The average molecular weight is 270 g/mol. The van der Waals surface area contributed by atoms with Crippen LogP contribution in [0.1, 0.15) is 15.9 Å². The van der Waals surface area contributed by atoms with Gasteiger partial charge in [-0.15, -0.1) is 0 Å². The van der Waals surface area contributed by atoms with Crippen LogP contribution >= 0.6 is 0 Å². The highest BCUT2D eigenvalue weighted by Gasteiger charge is 2.14. The Bertz CT molecular complexity index is 824. The number of benzene rings is 2. The van der Waals surface area contributed by atoms with Gasteiger partial charge in [0.15, 0.2) is 0 Å². The van der Waals surface area contributed by atoms with Crippen LogP contribution in [0.5, 0.6) is 0 Å². The lowest BCUT2D eigenvalue weighted by Gasteiger charge is -2.08. The van der Waals surface area contributed by atoms with E-state index in [1.807, 2.05) is 0 Å². The second-order valence-electron chi connectivity index (χ2n) is 4.52.